The van der Waals surface area contributed by atoms with E-state index < -0.39 is 0 Å². The summed E-state index contributed by atoms with van der Waals surface area (Å²) in [6.07, 6.45) is 2.72. The number of fused-ring (bicyclic) bond motifs is 1. The summed E-state index contributed by atoms with van der Waals surface area (Å²) in [5.41, 5.74) is 2.81. The number of benzene rings is 2. The first-order chi connectivity index (χ1) is 13.6. The normalized spacial score (nSPS) is 10.9. The van der Waals surface area contributed by atoms with Crippen molar-refractivity contribution in [3.63, 3.8) is 0 Å². The van der Waals surface area contributed by atoms with Gasteiger partial charge in [0.1, 0.15) is 5.75 Å². The van der Waals surface area contributed by atoms with Gasteiger partial charge < -0.3 is 15.0 Å². The molecule has 8 heteroatoms. The third-order valence-corrected chi connectivity index (χ3v) is 4.73. The minimum atomic E-state index is -0.309. The Balaban J connectivity index is 1.45. The van der Waals surface area contributed by atoms with Crippen LogP contribution in [0.15, 0.2) is 53.5 Å². The van der Waals surface area contributed by atoms with Gasteiger partial charge in [-0.05, 0) is 42.3 Å². The van der Waals surface area contributed by atoms with Gasteiger partial charge in [0.25, 0.3) is 5.56 Å². The summed E-state index contributed by atoms with van der Waals surface area (Å²) in [5, 5.41) is 12.9. The number of hydrogen-bond acceptors (Lipinski definition) is 5. The lowest BCUT2D eigenvalue weighted by atomic mass is 10.1. The Morgan fingerprint density at radius 2 is 1.96 bits per heavy atom. The summed E-state index contributed by atoms with van der Waals surface area (Å²) in [6, 6.07) is 12.8. The van der Waals surface area contributed by atoms with E-state index in [9.17, 15) is 4.79 Å². The predicted molar refractivity (Wildman–Crippen MR) is 110 cm³/mol. The fraction of sp³-hybridized carbons (Fsp3) is 0.150. The van der Waals surface area contributed by atoms with Crippen LogP contribution in [-0.2, 0) is 6.42 Å². The van der Waals surface area contributed by atoms with Gasteiger partial charge in [-0.25, -0.2) is 0 Å². The second-order valence-corrected chi connectivity index (χ2v) is 6.70. The predicted octanol–water partition coefficient (Wildman–Crippen LogP) is 3.63. The molecule has 28 heavy (non-hydrogen) atoms. The molecule has 0 aliphatic carbocycles. The second kappa shape index (κ2) is 7.74. The number of nitrogens with zero attached hydrogens (tertiary/aromatic N) is 2. The largest absolute Gasteiger partial charge is 0.497 e. The van der Waals surface area contributed by atoms with Crippen LogP contribution in [0.5, 0.6) is 5.75 Å². The summed E-state index contributed by atoms with van der Waals surface area (Å²) >= 11 is 5.88. The third-order valence-electron chi connectivity index (χ3n) is 4.48. The van der Waals surface area contributed by atoms with E-state index in [1.54, 1.807) is 31.4 Å². The third kappa shape index (κ3) is 3.70. The van der Waals surface area contributed by atoms with Gasteiger partial charge in [-0.1, -0.05) is 23.7 Å². The van der Waals surface area contributed by atoms with Crippen LogP contribution >= 0.6 is 11.6 Å². The summed E-state index contributed by atoms with van der Waals surface area (Å²) < 4.78 is 5.29. The van der Waals surface area contributed by atoms with E-state index in [2.05, 4.69) is 25.5 Å². The monoisotopic (exact) mass is 395 g/mol. The minimum Gasteiger partial charge on any atom is -0.497 e. The van der Waals surface area contributed by atoms with Crippen LogP contribution in [-0.4, -0.2) is 33.8 Å². The number of aromatic nitrogens is 4. The van der Waals surface area contributed by atoms with Gasteiger partial charge in [-0.2, -0.15) is 0 Å². The lowest BCUT2D eigenvalue weighted by molar-refractivity contribution is 0.415. The molecule has 2 heterocycles. The maximum atomic E-state index is 12.3. The Kier molecular flexibility index (Phi) is 4.99. The molecule has 0 saturated heterocycles. The Morgan fingerprint density at radius 1 is 1.14 bits per heavy atom. The number of aromatic amines is 2. The molecule has 0 amide bonds. The number of hydrogen-bond donors (Lipinski definition) is 3. The first-order valence-electron chi connectivity index (χ1n) is 8.75. The molecule has 0 fully saturated rings. The van der Waals surface area contributed by atoms with Crippen LogP contribution in [0.3, 0.4) is 0 Å². The number of ether oxygens (including phenoxy) is 1. The van der Waals surface area contributed by atoms with E-state index in [0.717, 1.165) is 28.6 Å². The van der Waals surface area contributed by atoms with Crippen LogP contribution in [0.1, 0.15) is 5.56 Å². The van der Waals surface area contributed by atoms with Crippen molar-refractivity contribution in [2.45, 2.75) is 6.42 Å². The lowest BCUT2D eigenvalue weighted by Gasteiger charge is -2.06. The quantitative estimate of drug-likeness (QED) is 0.463. The molecule has 0 unspecified atom stereocenters. The zero-order valence-electron chi connectivity index (χ0n) is 15.1. The maximum absolute atomic E-state index is 12.3. The molecular formula is C20H18ClN5O2. The van der Waals surface area contributed by atoms with Gasteiger partial charge >= 0.3 is 0 Å². The highest BCUT2D eigenvalue weighted by Crippen LogP contribution is 2.24. The van der Waals surface area contributed by atoms with E-state index in [4.69, 9.17) is 16.3 Å². The minimum absolute atomic E-state index is 0.256. The van der Waals surface area contributed by atoms with Crippen molar-refractivity contribution >= 4 is 28.5 Å². The van der Waals surface area contributed by atoms with Crippen molar-refractivity contribution in [3.8, 4) is 17.0 Å². The average Bonchev–Trinajstić information content (AvgIpc) is 3.11. The van der Waals surface area contributed by atoms with Crippen molar-refractivity contribution < 1.29 is 4.74 Å². The Morgan fingerprint density at radius 3 is 2.71 bits per heavy atom. The SMILES string of the molecule is COc1ccc2[nH]cc(CCNc3nnc(-c4ccc(Cl)cc4)c(=O)[nH]3)c2c1. The van der Waals surface area contributed by atoms with Crippen molar-refractivity contribution in [1.29, 1.82) is 0 Å². The molecule has 4 aromatic rings. The van der Waals surface area contributed by atoms with E-state index in [-0.39, 0.29) is 11.3 Å². The van der Waals surface area contributed by atoms with Gasteiger partial charge in [-0.15, -0.1) is 10.2 Å². The Hall–Kier alpha value is -3.32. The lowest BCUT2D eigenvalue weighted by Crippen LogP contribution is -2.18. The van der Waals surface area contributed by atoms with E-state index >= 15 is 0 Å². The molecular weight excluding hydrogens is 378 g/mol. The van der Waals surface area contributed by atoms with Crippen LogP contribution in [0.4, 0.5) is 5.95 Å². The van der Waals surface area contributed by atoms with Gasteiger partial charge in [0, 0.05) is 34.2 Å². The zero-order valence-corrected chi connectivity index (χ0v) is 15.9. The molecule has 2 aromatic carbocycles. The molecule has 0 aliphatic rings. The number of anilines is 1. The molecule has 0 atom stereocenters. The molecule has 2 aromatic heterocycles. The number of methoxy groups -OCH3 is 1. The zero-order chi connectivity index (χ0) is 19.5. The van der Waals surface area contributed by atoms with Crippen LogP contribution in [0.2, 0.25) is 5.02 Å². The highest BCUT2D eigenvalue weighted by Gasteiger charge is 2.09. The Labute approximate surface area is 165 Å². The molecule has 0 spiro atoms. The van der Waals surface area contributed by atoms with Crippen molar-refractivity contribution in [2.24, 2.45) is 0 Å². The fourth-order valence-corrected chi connectivity index (χ4v) is 3.15. The molecule has 0 radical (unpaired) electrons. The summed E-state index contributed by atoms with van der Waals surface area (Å²) in [4.78, 5) is 18.3. The van der Waals surface area contributed by atoms with E-state index in [1.807, 2.05) is 24.4 Å². The van der Waals surface area contributed by atoms with Crippen LogP contribution < -0.4 is 15.6 Å². The Bertz CT molecular complexity index is 1170. The smallest absolute Gasteiger partial charge is 0.279 e. The summed E-state index contributed by atoms with van der Waals surface area (Å²) in [5.74, 6) is 1.15. The molecule has 7 nitrogen and oxygen atoms in total. The maximum Gasteiger partial charge on any atom is 0.279 e. The number of halogens is 1. The summed E-state index contributed by atoms with van der Waals surface area (Å²) in [6.45, 7) is 0.592. The van der Waals surface area contributed by atoms with Crippen molar-refractivity contribution in [1.82, 2.24) is 20.2 Å². The molecule has 0 bridgehead atoms. The second-order valence-electron chi connectivity index (χ2n) is 6.26. The van der Waals surface area contributed by atoms with E-state index in [1.165, 1.54) is 0 Å². The average molecular weight is 396 g/mol. The highest BCUT2D eigenvalue weighted by atomic mass is 35.5. The molecule has 0 aliphatic heterocycles. The van der Waals surface area contributed by atoms with Gasteiger partial charge in [-0.3, -0.25) is 9.78 Å². The van der Waals surface area contributed by atoms with E-state index in [0.29, 0.717) is 23.1 Å². The van der Waals surface area contributed by atoms with Gasteiger partial charge in [0.15, 0.2) is 5.69 Å². The molecule has 0 saturated carbocycles. The van der Waals surface area contributed by atoms with Crippen molar-refractivity contribution in [2.75, 3.05) is 19.0 Å². The first-order valence-corrected chi connectivity index (χ1v) is 9.12. The number of H-pyrrole nitrogens is 2. The van der Waals surface area contributed by atoms with Gasteiger partial charge in [0.2, 0.25) is 5.95 Å². The van der Waals surface area contributed by atoms with Crippen molar-refractivity contribution in [3.05, 3.63) is 69.6 Å². The first kappa shape index (κ1) is 18.1. The number of rotatable bonds is 6. The molecule has 142 valence electrons. The fourth-order valence-electron chi connectivity index (χ4n) is 3.02. The van der Waals surface area contributed by atoms with Crippen LogP contribution in [0.25, 0.3) is 22.2 Å². The highest BCUT2D eigenvalue weighted by molar-refractivity contribution is 6.30. The molecule has 4 rings (SSSR count). The topological polar surface area (TPSA) is 95.7 Å². The summed E-state index contributed by atoms with van der Waals surface area (Å²) in [7, 11) is 1.65. The van der Waals surface area contributed by atoms with Gasteiger partial charge in [0.05, 0.1) is 7.11 Å². The standard InChI is InChI=1S/C20H18ClN5O2/c1-28-15-6-7-17-16(10-15)13(11-23-17)8-9-22-20-24-19(27)18(25-26-20)12-2-4-14(21)5-3-12/h2-7,10-11,23H,8-9H2,1H3,(H2,22,24,26,27). The van der Waals surface area contributed by atoms with Crippen LogP contribution in [0, 0.1) is 0 Å². The number of nitrogens with one attached hydrogen (secondary N) is 3. The molecule has 3 N–H and O–H groups in total.